The molecule has 0 aliphatic rings. The Kier molecular flexibility index (Phi) is 2.13. The Balaban J connectivity index is 3.14. The van der Waals surface area contributed by atoms with Gasteiger partial charge in [0, 0.05) is 22.6 Å². The standard InChI is InChI=1S/C4H3I2NO/c1-2-3(5)7-4(6)8-2/h1H3. The van der Waals surface area contributed by atoms with Crippen LogP contribution in [0.25, 0.3) is 0 Å². The summed E-state index contributed by atoms with van der Waals surface area (Å²) in [5.74, 6) is 0.898. The first kappa shape index (κ1) is 6.79. The molecule has 1 rings (SSSR count). The van der Waals surface area contributed by atoms with Crippen molar-refractivity contribution in [2.24, 2.45) is 0 Å². The van der Waals surface area contributed by atoms with Gasteiger partial charge in [0.2, 0.25) is 0 Å². The van der Waals surface area contributed by atoms with E-state index in [0.717, 1.165) is 9.46 Å². The number of rotatable bonds is 0. The van der Waals surface area contributed by atoms with Crippen molar-refractivity contribution in [3.63, 3.8) is 0 Å². The molecular formula is C4H3I2NO. The summed E-state index contributed by atoms with van der Waals surface area (Å²) in [7, 11) is 0. The third-order valence-electron chi connectivity index (χ3n) is 0.714. The molecule has 0 unspecified atom stereocenters. The zero-order chi connectivity index (χ0) is 6.15. The van der Waals surface area contributed by atoms with Crippen LogP contribution in [0.3, 0.4) is 0 Å². The fourth-order valence-electron chi connectivity index (χ4n) is 0.347. The van der Waals surface area contributed by atoms with Gasteiger partial charge < -0.3 is 4.42 Å². The van der Waals surface area contributed by atoms with Gasteiger partial charge in [0.15, 0.2) is 0 Å². The van der Waals surface area contributed by atoms with Crippen LogP contribution in [0, 0.1) is 14.5 Å². The molecule has 1 aromatic rings. The van der Waals surface area contributed by atoms with E-state index in [2.05, 4.69) is 27.6 Å². The van der Waals surface area contributed by atoms with Crippen LogP contribution in [0.15, 0.2) is 4.42 Å². The van der Waals surface area contributed by atoms with E-state index in [1.165, 1.54) is 0 Å². The van der Waals surface area contributed by atoms with Crippen LogP contribution < -0.4 is 0 Å². The largest absolute Gasteiger partial charge is 0.436 e. The molecule has 0 atom stereocenters. The van der Waals surface area contributed by atoms with Crippen molar-refractivity contribution in [2.45, 2.75) is 6.92 Å². The average Bonchev–Trinajstić information content (AvgIpc) is 1.85. The Morgan fingerprint density at radius 3 is 2.25 bits per heavy atom. The number of aromatic nitrogens is 1. The number of hydrogen-bond acceptors (Lipinski definition) is 2. The highest BCUT2D eigenvalue weighted by molar-refractivity contribution is 14.1. The van der Waals surface area contributed by atoms with Gasteiger partial charge in [0.1, 0.15) is 9.46 Å². The Morgan fingerprint density at radius 2 is 2.12 bits per heavy atom. The molecule has 0 amide bonds. The molecule has 0 aliphatic heterocycles. The Labute approximate surface area is 74.3 Å². The lowest BCUT2D eigenvalue weighted by Crippen LogP contribution is -1.69. The first-order valence-corrected chi connectivity index (χ1v) is 4.14. The number of oxazole rings is 1. The molecule has 0 aliphatic carbocycles. The summed E-state index contributed by atoms with van der Waals surface area (Å²) in [6.07, 6.45) is 0. The van der Waals surface area contributed by atoms with E-state index in [4.69, 9.17) is 4.42 Å². The van der Waals surface area contributed by atoms with Gasteiger partial charge in [-0.25, -0.2) is 0 Å². The van der Waals surface area contributed by atoms with Crippen LogP contribution in [0.1, 0.15) is 5.76 Å². The summed E-state index contributed by atoms with van der Waals surface area (Å²) in [4.78, 5) is 4.02. The van der Waals surface area contributed by atoms with Gasteiger partial charge in [-0.15, -0.1) is 0 Å². The topological polar surface area (TPSA) is 26.0 Å². The SMILES string of the molecule is Cc1oc(I)nc1I. The Hall–Kier alpha value is 0.670. The molecule has 0 saturated carbocycles. The molecule has 0 N–H and O–H groups in total. The summed E-state index contributed by atoms with van der Waals surface area (Å²) >= 11 is 4.18. The average molecular weight is 335 g/mol. The van der Waals surface area contributed by atoms with Crippen LogP contribution >= 0.6 is 45.2 Å². The summed E-state index contributed by atoms with van der Waals surface area (Å²) < 4.78 is 6.75. The lowest BCUT2D eigenvalue weighted by atomic mass is 10.6. The van der Waals surface area contributed by atoms with E-state index in [9.17, 15) is 0 Å². The zero-order valence-corrected chi connectivity index (χ0v) is 8.43. The minimum absolute atomic E-state index is 0.713. The van der Waals surface area contributed by atoms with Crippen molar-refractivity contribution in [2.75, 3.05) is 0 Å². The molecule has 0 saturated heterocycles. The number of halogens is 2. The molecule has 0 bridgehead atoms. The van der Waals surface area contributed by atoms with Gasteiger partial charge in [0.05, 0.1) is 0 Å². The molecule has 44 valence electrons. The van der Waals surface area contributed by atoms with Crippen LogP contribution in [-0.4, -0.2) is 4.98 Å². The predicted octanol–water partition coefficient (Wildman–Crippen LogP) is 2.19. The van der Waals surface area contributed by atoms with E-state index in [1.54, 1.807) is 0 Å². The smallest absolute Gasteiger partial charge is 0.258 e. The number of hydrogen-bond donors (Lipinski definition) is 0. The van der Waals surface area contributed by atoms with Crippen molar-refractivity contribution in [1.82, 2.24) is 4.98 Å². The second-order valence-electron chi connectivity index (χ2n) is 1.31. The molecule has 0 spiro atoms. The Bertz CT molecular complexity index is 176. The lowest BCUT2D eigenvalue weighted by Gasteiger charge is -1.75. The van der Waals surface area contributed by atoms with Gasteiger partial charge in [-0.2, -0.15) is 4.98 Å². The van der Waals surface area contributed by atoms with E-state index in [-0.39, 0.29) is 0 Å². The second-order valence-corrected chi connectivity index (χ2v) is 3.26. The van der Waals surface area contributed by atoms with E-state index < -0.39 is 0 Å². The van der Waals surface area contributed by atoms with Crippen LogP contribution in [0.5, 0.6) is 0 Å². The highest BCUT2D eigenvalue weighted by Crippen LogP contribution is 2.12. The summed E-state index contributed by atoms with van der Waals surface area (Å²) in [6, 6.07) is 0. The second kappa shape index (κ2) is 2.51. The summed E-state index contributed by atoms with van der Waals surface area (Å²) in [5.41, 5.74) is 0. The third kappa shape index (κ3) is 1.34. The maximum atomic E-state index is 5.08. The van der Waals surface area contributed by atoms with Gasteiger partial charge in [-0.3, -0.25) is 0 Å². The minimum Gasteiger partial charge on any atom is -0.436 e. The predicted molar refractivity (Wildman–Crippen MR) is 46.7 cm³/mol. The maximum Gasteiger partial charge on any atom is 0.258 e. The minimum atomic E-state index is 0.713. The fourth-order valence-corrected chi connectivity index (χ4v) is 1.71. The first-order chi connectivity index (χ1) is 3.70. The number of nitrogens with zero attached hydrogens (tertiary/aromatic N) is 1. The van der Waals surface area contributed by atoms with Gasteiger partial charge in [0.25, 0.3) is 3.90 Å². The molecule has 8 heavy (non-hydrogen) atoms. The van der Waals surface area contributed by atoms with Crippen molar-refractivity contribution in [3.05, 3.63) is 13.4 Å². The quantitative estimate of drug-likeness (QED) is 0.680. The van der Waals surface area contributed by atoms with Crippen molar-refractivity contribution < 1.29 is 4.42 Å². The summed E-state index contributed by atoms with van der Waals surface area (Å²) in [5, 5.41) is 0. The van der Waals surface area contributed by atoms with E-state index >= 15 is 0 Å². The summed E-state index contributed by atoms with van der Waals surface area (Å²) in [6.45, 7) is 1.90. The Morgan fingerprint density at radius 1 is 1.50 bits per heavy atom. The van der Waals surface area contributed by atoms with E-state index in [1.807, 2.05) is 29.5 Å². The van der Waals surface area contributed by atoms with Gasteiger partial charge in [-0.05, 0) is 29.5 Å². The van der Waals surface area contributed by atoms with Crippen LogP contribution in [-0.2, 0) is 0 Å². The highest BCUT2D eigenvalue weighted by Gasteiger charge is 2.00. The lowest BCUT2D eigenvalue weighted by molar-refractivity contribution is 0.496. The molecular weight excluding hydrogens is 332 g/mol. The molecule has 2 nitrogen and oxygen atoms in total. The zero-order valence-electron chi connectivity index (χ0n) is 4.11. The van der Waals surface area contributed by atoms with Crippen molar-refractivity contribution in [1.29, 1.82) is 0 Å². The first-order valence-electron chi connectivity index (χ1n) is 1.98. The van der Waals surface area contributed by atoms with Gasteiger partial charge >= 0.3 is 0 Å². The molecule has 4 heteroatoms. The third-order valence-corrected chi connectivity index (χ3v) is 2.18. The normalized spacial score (nSPS) is 9.88. The molecule has 1 aromatic heterocycles. The fraction of sp³-hybridized carbons (Fsp3) is 0.250. The highest BCUT2D eigenvalue weighted by atomic mass is 127. The van der Waals surface area contributed by atoms with E-state index in [0.29, 0.717) is 3.90 Å². The van der Waals surface area contributed by atoms with Crippen LogP contribution in [0.4, 0.5) is 0 Å². The van der Waals surface area contributed by atoms with Gasteiger partial charge in [-0.1, -0.05) is 0 Å². The molecule has 1 heterocycles. The van der Waals surface area contributed by atoms with Crippen LogP contribution in [0.2, 0.25) is 0 Å². The van der Waals surface area contributed by atoms with Crippen molar-refractivity contribution in [3.8, 4) is 0 Å². The van der Waals surface area contributed by atoms with Crippen molar-refractivity contribution >= 4 is 45.2 Å². The molecule has 0 aromatic carbocycles. The number of aryl methyl sites for hydroxylation is 1. The maximum absolute atomic E-state index is 5.08. The molecule has 0 fully saturated rings. The molecule has 0 radical (unpaired) electrons. The monoisotopic (exact) mass is 335 g/mol.